The molecule has 21 heavy (non-hydrogen) atoms. The van der Waals surface area contributed by atoms with E-state index in [4.69, 9.17) is 9.84 Å². The van der Waals surface area contributed by atoms with Crippen LogP contribution in [0.3, 0.4) is 0 Å². The Morgan fingerprint density at radius 1 is 1.29 bits per heavy atom. The predicted molar refractivity (Wildman–Crippen MR) is 83.3 cm³/mol. The highest BCUT2D eigenvalue weighted by Crippen LogP contribution is 2.08. The summed E-state index contributed by atoms with van der Waals surface area (Å²) < 4.78 is 31.8. The Balaban J connectivity index is 2.33. The summed E-state index contributed by atoms with van der Waals surface area (Å²) in [6, 6.07) is 6.95. The normalized spacial score (nSPS) is 12.0. The van der Waals surface area contributed by atoms with E-state index in [1.165, 1.54) is 0 Å². The van der Waals surface area contributed by atoms with Crippen LogP contribution in [-0.4, -0.2) is 33.3 Å². The Morgan fingerprint density at radius 2 is 2.00 bits per heavy atom. The number of hydrogen-bond acceptors (Lipinski definition) is 4. The first-order valence-electron chi connectivity index (χ1n) is 7.16. The first-order valence-corrected chi connectivity index (χ1v) is 8.82. The summed E-state index contributed by atoms with van der Waals surface area (Å²) in [4.78, 5) is 0. The first kappa shape index (κ1) is 18.1. The van der Waals surface area contributed by atoms with Crippen LogP contribution in [0.4, 0.5) is 0 Å². The summed E-state index contributed by atoms with van der Waals surface area (Å²) in [6.07, 6.45) is 0.655. The Morgan fingerprint density at radius 3 is 2.67 bits per heavy atom. The number of rotatable bonds is 10. The van der Waals surface area contributed by atoms with Crippen LogP contribution in [0.1, 0.15) is 31.4 Å². The molecule has 0 saturated carbocycles. The molecule has 0 aliphatic rings. The zero-order valence-electron chi connectivity index (χ0n) is 12.7. The van der Waals surface area contributed by atoms with Gasteiger partial charge in [0.15, 0.2) is 0 Å². The third-order valence-electron chi connectivity index (χ3n) is 2.77. The number of ether oxygens (including phenoxy) is 1. The molecule has 120 valence electrons. The summed E-state index contributed by atoms with van der Waals surface area (Å²) in [6.45, 7) is 5.68. The molecule has 1 rings (SSSR count). The van der Waals surface area contributed by atoms with Gasteiger partial charge >= 0.3 is 0 Å². The van der Waals surface area contributed by atoms with Crippen LogP contribution in [0, 0.1) is 5.92 Å². The monoisotopic (exact) mass is 315 g/mol. The van der Waals surface area contributed by atoms with Gasteiger partial charge in [-0.25, -0.2) is 13.1 Å². The summed E-state index contributed by atoms with van der Waals surface area (Å²) in [5.74, 6) is 0.411. The van der Waals surface area contributed by atoms with Gasteiger partial charge in [-0.1, -0.05) is 38.1 Å². The lowest BCUT2D eigenvalue weighted by Crippen LogP contribution is -2.27. The fraction of sp³-hybridized carbons (Fsp3) is 0.600. The van der Waals surface area contributed by atoms with Crippen LogP contribution in [0.15, 0.2) is 24.3 Å². The minimum atomic E-state index is -3.35. The number of nitrogens with one attached hydrogen (secondary N) is 1. The molecule has 0 atom stereocenters. The highest BCUT2D eigenvalue weighted by atomic mass is 32.2. The third kappa shape index (κ3) is 8.16. The molecule has 1 aromatic carbocycles. The quantitative estimate of drug-likeness (QED) is 0.644. The molecule has 0 heterocycles. The molecule has 0 fully saturated rings. The maximum Gasteiger partial charge on any atom is 0.215 e. The van der Waals surface area contributed by atoms with E-state index in [0.717, 1.165) is 0 Å². The molecule has 0 aromatic heterocycles. The van der Waals surface area contributed by atoms with Gasteiger partial charge in [0.1, 0.15) is 0 Å². The van der Waals surface area contributed by atoms with Gasteiger partial charge in [0.05, 0.1) is 12.4 Å². The van der Waals surface area contributed by atoms with E-state index < -0.39 is 10.0 Å². The Kier molecular flexibility index (Phi) is 7.88. The Bertz CT molecular complexity index is 514. The van der Waals surface area contributed by atoms with Gasteiger partial charge in [-0.2, -0.15) is 0 Å². The highest BCUT2D eigenvalue weighted by molar-refractivity contribution is 7.88. The van der Waals surface area contributed by atoms with Gasteiger partial charge in [-0.05, 0) is 23.5 Å². The lowest BCUT2D eigenvalue weighted by atomic mass is 10.1. The van der Waals surface area contributed by atoms with Crippen LogP contribution in [0.25, 0.3) is 0 Å². The van der Waals surface area contributed by atoms with Crippen molar-refractivity contribution in [3.8, 4) is 0 Å². The average molecular weight is 315 g/mol. The van der Waals surface area contributed by atoms with E-state index in [1.807, 2.05) is 0 Å². The second-order valence-electron chi connectivity index (χ2n) is 5.45. The van der Waals surface area contributed by atoms with Crippen LogP contribution < -0.4 is 4.72 Å². The Hall–Kier alpha value is -0.950. The third-order valence-corrected chi connectivity index (χ3v) is 4.13. The van der Waals surface area contributed by atoms with Crippen LogP contribution in [-0.2, 0) is 27.1 Å². The maximum absolute atomic E-state index is 11.9. The minimum absolute atomic E-state index is 0.0757. The molecule has 0 spiro atoms. The van der Waals surface area contributed by atoms with Gasteiger partial charge in [0.2, 0.25) is 10.0 Å². The molecule has 0 bridgehead atoms. The zero-order chi connectivity index (χ0) is 15.7. The molecule has 6 heteroatoms. The molecular weight excluding hydrogens is 290 g/mol. The lowest BCUT2D eigenvalue weighted by Gasteiger charge is -2.09. The molecule has 0 unspecified atom stereocenters. The molecule has 2 N–H and O–H groups in total. The number of benzene rings is 1. The van der Waals surface area contributed by atoms with Crippen molar-refractivity contribution < 1.29 is 18.3 Å². The van der Waals surface area contributed by atoms with E-state index in [-0.39, 0.29) is 12.4 Å². The van der Waals surface area contributed by atoms with Crippen LogP contribution in [0.2, 0.25) is 0 Å². The van der Waals surface area contributed by atoms with Crippen molar-refractivity contribution in [3.05, 3.63) is 35.4 Å². The molecule has 1 aromatic rings. The summed E-state index contributed by atoms with van der Waals surface area (Å²) >= 11 is 0. The topological polar surface area (TPSA) is 75.6 Å². The van der Waals surface area contributed by atoms with Gasteiger partial charge in [0, 0.05) is 19.8 Å². The van der Waals surface area contributed by atoms with Crippen molar-refractivity contribution in [3.63, 3.8) is 0 Å². The molecule has 0 aliphatic carbocycles. The SMILES string of the molecule is CC(C)COCCCNS(=O)(=O)Cc1cccc(CO)c1. The maximum atomic E-state index is 11.9. The molecule has 5 nitrogen and oxygen atoms in total. The van der Waals surface area contributed by atoms with Crippen molar-refractivity contribution in [2.24, 2.45) is 5.92 Å². The van der Waals surface area contributed by atoms with Gasteiger partial charge < -0.3 is 9.84 Å². The molecule has 0 aliphatic heterocycles. The van der Waals surface area contributed by atoms with E-state index in [9.17, 15) is 8.42 Å². The van der Waals surface area contributed by atoms with E-state index in [1.54, 1.807) is 24.3 Å². The van der Waals surface area contributed by atoms with E-state index in [0.29, 0.717) is 43.2 Å². The minimum Gasteiger partial charge on any atom is -0.392 e. The van der Waals surface area contributed by atoms with Gasteiger partial charge in [-0.15, -0.1) is 0 Å². The second kappa shape index (κ2) is 9.15. The fourth-order valence-corrected chi connectivity index (χ4v) is 2.98. The van der Waals surface area contributed by atoms with Crippen molar-refractivity contribution in [1.29, 1.82) is 0 Å². The lowest BCUT2D eigenvalue weighted by molar-refractivity contribution is 0.108. The highest BCUT2D eigenvalue weighted by Gasteiger charge is 2.11. The fourth-order valence-electron chi connectivity index (χ4n) is 1.81. The number of sulfonamides is 1. The van der Waals surface area contributed by atoms with E-state index in [2.05, 4.69) is 18.6 Å². The predicted octanol–water partition coefficient (Wildman–Crippen LogP) is 1.66. The number of hydrogen-bond donors (Lipinski definition) is 2. The summed E-state index contributed by atoms with van der Waals surface area (Å²) in [7, 11) is -3.35. The van der Waals surface area contributed by atoms with Crippen molar-refractivity contribution >= 4 is 10.0 Å². The standard InChI is InChI=1S/C15H25NO4S/c1-13(2)11-20-8-4-7-16-21(18,19)12-15-6-3-5-14(9-15)10-17/h3,5-6,9,13,16-17H,4,7-8,10-12H2,1-2H3. The number of aliphatic hydroxyl groups is 1. The van der Waals surface area contributed by atoms with Crippen LogP contribution in [0.5, 0.6) is 0 Å². The molecule has 0 radical (unpaired) electrons. The largest absolute Gasteiger partial charge is 0.392 e. The zero-order valence-corrected chi connectivity index (χ0v) is 13.5. The smallest absolute Gasteiger partial charge is 0.215 e. The van der Waals surface area contributed by atoms with Crippen LogP contribution >= 0.6 is 0 Å². The van der Waals surface area contributed by atoms with Crippen molar-refractivity contribution in [2.45, 2.75) is 32.6 Å². The number of aliphatic hydroxyl groups excluding tert-OH is 1. The van der Waals surface area contributed by atoms with Crippen molar-refractivity contribution in [1.82, 2.24) is 4.72 Å². The second-order valence-corrected chi connectivity index (χ2v) is 7.26. The molecule has 0 saturated heterocycles. The van der Waals surface area contributed by atoms with Gasteiger partial charge in [0.25, 0.3) is 0 Å². The Labute approximate surface area is 127 Å². The summed E-state index contributed by atoms with van der Waals surface area (Å²) in [5.41, 5.74) is 1.38. The van der Waals surface area contributed by atoms with E-state index >= 15 is 0 Å². The average Bonchev–Trinajstić information content (AvgIpc) is 2.42. The molecular formula is C15H25NO4S. The van der Waals surface area contributed by atoms with Crippen molar-refractivity contribution in [2.75, 3.05) is 19.8 Å². The summed E-state index contributed by atoms with van der Waals surface area (Å²) in [5, 5.41) is 9.04. The van der Waals surface area contributed by atoms with Gasteiger partial charge in [-0.3, -0.25) is 0 Å². The first-order chi connectivity index (χ1) is 9.93. The molecule has 0 amide bonds.